The van der Waals surface area contributed by atoms with E-state index >= 15 is 0 Å². The summed E-state index contributed by atoms with van der Waals surface area (Å²) >= 11 is 0. The van der Waals surface area contributed by atoms with Gasteiger partial charge in [-0.25, -0.2) is 4.98 Å². The third-order valence-electron chi connectivity index (χ3n) is 2.87. The molecule has 0 aliphatic heterocycles. The third kappa shape index (κ3) is 4.99. The topological polar surface area (TPSA) is 94.8 Å². The van der Waals surface area contributed by atoms with E-state index in [1.54, 1.807) is 17.9 Å². The second-order valence-corrected chi connectivity index (χ2v) is 4.36. The zero-order valence-corrected chi connectivity index (χ0v) is 12.4. The Bertz CT molecular complexity index is 507. The Morgan fingerprint density at radius 3 is 2.67 bits per heavy atom. The van der Waals surface area contributed by atoms with Crippen molar-refractivity contribution in [2.75, 3.05) is 38.8 Å². The molecule has 1 rings (SSSR count). The number of nitro groups is 1. The second-order valence-electron chi connectivity index (χ2n) is 4.36. The smallest absolute Gasteiger partial charge is 0.311 e. The summed E-state index contributed by atoms with van der Waals surface area (Å²) in [6.07, 6.45) is 0.118. The summed E-state index contributed by atoms with van der Waals surface area (Å²) in [4.78, 5) is 27.8. The SMILES string of the molecule is COCCN(CCC(=O)OC)c1nc(C)ccc1[N+](=O)[O-]. The lowest BCUT2D eigenvalue weighted by molar-refractivity contribution is -0.384. The molecule has 0 radical (unpaired) electrons. The minimum absolute atomic E-state index is 0.0958. The van der Waals surface area contributed by atoms with Gasteiger partial charge in [-0.2, -0.15) is 0 Å². The van der Waals surface area contributed by atoms with Gasteiger partial charge in [-0.1, -0.05) is 0 Å². The van der Waals surface area contributed by atoms with Crippen molar-refractivity contribution in [2.45, 2.75) is 13.3 Å². The summed E-state index contributed by atoms with van der Waals surface area (Å²) in [5.74, 6) is -0.145. The molecule has 0 unspecified atom stereocenters. The van der Waals surface area contributed by atoms with Crippen LogP contribution >= 0.6 is 0 Å². The molecule has 116 valence electrons. The maximum absolute atomic E-state index is 11.3. The average Bonchev–Trinajstić information content (AvgIpc) is 2.46. The van der Waals surface area contributed by atoms with E-state index in [1.807, 2.05) is 0 Å². The van der Waals surface area contributed by atoms with E-state index in [0.717, 1.165) is 0 Å². The minimum atomic E-state index is -0.486. The van der Waals surface area contributed by atoms with Crippen molar-refractivity contribution in [3.8, 4) is 0 Å². The van der Waals surface area contributed by atoms with Gasteiger partial charge in [0.1, 0.15) is 0 Å². The van der Waals surface area contributed by atoms with Gasteiger partial charge in [0, 0.05) is 32.0 Å². The highest BCUT2D eigenvalue weighted by molar-refractivity contribution is 5.70. The van der Waals surface area contributed by atoms with Crippen molar-refractivity contribution in [2.24, 2.45) is 0 Å². The van der Waals surface area contributed by atoms with Crippen LogP contribution in [0.25, 0.3) is 0 Å². The first-order valence-corrected chi connectivity index (χ1v) is 6.42. The first kappa shape index (κ1) is 16.8. The molecule has 0 aromatic carbocycles. The lowest BCUT2D eigenvalue weighted by Gasteiger charge is -2.22. The van der Waals surface area contributed by atoms with Gasteiger partial charge >= 0.3 is 11.7 Å². The molecular weight excluding hydrogens is 278 g/mol. The van der Waals surface area contributed by atoms with Gasteiger partial charge < -0.3 is 14.4 Å². The number of ether oxygens (including phenoxy) is 2. The van der Waals surface area contributed by atoms with Gasteiger partial charge in [0.05, 0.1) is 25.1 Å². The van der Waals surface area contributed by atoms with Crippen molar-refractivity contribution in [3.05, 3.63) is 27.9 Å². The van der Waals surface area contributed by atoms with Gasteiger partial charge in [-0.05, 0) is 13.0 Å². The molecule has 0 fully saturated rings. The normalized spacial score (nSPS) is 10.2. The van der Waals surface area contributed by atoms with Gasteiger partial charge in [-0.3, -0.25) is 14.9 Å². The van der Waals surface area contributed by atoms with E-state index in [2.05, 4.69) is 9.72 Å². The number of carbonyl (C=O) groups is 1. The number of rotatable bonds is 8. The van der Waals surface area contributed by atoms with Crippen molar-refractivity contribution in [3.63, 3.8) is 0 Å². The Morgan fingerprint density at radius 2 is 2.10 bits per heavy atom. The Hall–Kier alpha value is -2.22. The minimum Gasteiger partial charge on any atom is -0.469 e. The highest BCUT2D eigenvalue weighted by Crippen LogP contribution is 2.26. The van der Waals surface area contributed by atoms with Crippen molar-refractivity contribution >= 4 is 17.5 Å². The molecule has 8 nitrogen and oxygen atoms in total. The number of aryl methyl sites for hydroxylation is 1. The lowest BCUT2D eigenvalue weighted by Crippen LogP contribution is -2.31. The number of aromatic nitrogens is 1. The van der Waals surface area contributed by atoms with Crippen molar-refractivity contribution in [1.82, 2.24) is 4.98 Å². The fraction of sp³-hybridized carbons (Fsp3) is 0.538. The Labute approximate surface area is 122 Å². The summed E-state index contributed by atoms with van der Waals surface area (Å²) in [5, 5.41) is 11.1. The Kier molecular flexibility index (Phi) is 6.54. The van der Waals surface area contributed by atoms with Gasteiger partial charge in [0.15, 0.2) is 0 Å². The largest absolute Gasteiger partial charge is 0.469 e. The molecule has 0 N–H and O–H groups in total. The number of pyridine rings is 1. The molecule has 0 saturated carbocycles. The first-order chi connectivity index (χ1) is 9.99. The van der Waals surface area contributed by atoms with Gasteiger partial charge in [-0.15, -0.1) is 0 Å². The molecule has 0 aliphatic rings. The van der Waals surface area contributed by atoms with E-state index < -0.39 is 4.92 Å². The molecule has 21 heavy (non-hydrogen) atoms. The second kappa shape index (κ2) is 8.15. The predicted molar refractivity (Wildman–Crippen MR) is 76.4 cm³/mol. The Morgan fingerprint density at radius 1 is 1.38 bits per heavy atom. The molecule has 1 aromatic rings. The van der Waals surface area contributed by atoms with Crippen LogP contribution in [0.5, 0.6) is 0 Å². The van der Waals surface area contributed by atoms with Crippen LogP contribution in [0, 0.1) is 17.0 Å². The number of carbonyl (C=O) groups excluding carboxylic acids is 1. The molecule has 1 heterocycles. The van der Waals surface area contributed by atoms with Crippen LogP contribution in [-0.4, -0.2) is 49.8 Å². The van der Waals surface area contributed by atoms with Crippen LogP contribution in [0.3, 0.4) is 0 Å². The maximum atomic E-state index is 11.3. The van der Waals surface area contributed by atoms with Gasteiger partial charge in [0.2, 0.25) is 5.82 Å². The van der Waals surface area contributed by atoms with E-state index in [4.69, 9.17) is 4.74 Å². The van der Waals surface area contributed by atoms with Crippen LogP contribution in [0.4, 0.5) is 11.5 Å². The molecule has 8 heteroatoms. The lowest BCUT2D eigenvalue weighted by atomic mass is 10.3. The fourth-order valence-corrected chi connectivity index (χ4v) is 1.76. The van der Waals surface area contributed by atoms with E-state index in [0.29, 0.717) is 18.8 Å². The third-order valence-corrected chi connectivity index (χ3v) is 2.87. The Balaban J connectivity index is 3.03. The first-order valence-electron chi connectivity index (χ1n) is 6.42. The van der Waals surface area contributed by atoms with Crippen LogP contribution in [-0.2, 0) is 14.3 Å². The summed E-state index contributed by atoms with van der Waals surface area (Å²) in [5.41, 5.74) is 0.567. The number of methoxy groups -OCH3 is 2. The summed E-state index contributed by atoms with van der Waals surface area (Å²) in [6, 6.07) is 2.99. The van der Waals surface area contributed by atoms with Crippen molar-refractivity contribution in [1.29, 1.82) is 0 Å². The van der Waals surface area contributed by atoms with E-state index in [1.165, 1.54) is 20.3 Å². The summed E-state index contributed by atoms with van der Waals surface area (Å²) in [7, 11) is 2.84. The predicted octanol–water partition coefficient (Wildman–Crippen LogP) is 1.31. The maximum Gasteiger partial charge on any atom is 0.311 e. The molecule has 0 aliphatic carbocycles. The molecule has 1 aromatic heterocycles. The van der Waals surface area contributed by atoms with E-state index in [-0.39, 0.29) is 30.4 Å². The molecule has 0 atom stereocenters. The zero-order chi connectivity index (χ0) is 15.8. The van der Waals surface area contributed by atoms with Crippen LogP contribution < -0.4 is 4.90 Å². The highest BCUT2D eigenvalue weighted by Gasteiger charge is 2.22. The number of hydrogen-bond donors (Lipinski definition) is 0. The fourth-order valence-electron chi connectivity index (χ4n) is 1.76. The van der Waals surface area contributed by atoms with Gasteiger partial charge in [0.25, 0.3) is 0 Å². The summed E-state index contributed by atoms with van der Waals surface area (Å²) < 4.78 is 9.59. The molecule has 0 saturated heterocycles. The standard InChI is InChI=1S/C13H19N3O5/c1-10-4-5-11(16(18)19)13(14-10)15(8-9-20-2)7-6-12(17)21-3/h4-5H,6-9H2,1-3H3. The number of hydrogen-bond acceptors (Lipinski definition) is 7. The quantitative estimate of drug-likeness (QED) is 0.405. The average molecular weight is 297 g/mol. The highest BCUT2D eigenvalue weighted by atomic mass is 16.6. The summed E-state index contributed by atoms with van der Waals surface area (Å²) in [6.45, 7) is 2.79. The molecule has 0 spiro atoms. The number of anilines is 1. The number of esters is 1. The molecule has 0 bridgehead atoms. The van der Waals surface area contributed by atoms with Crippen molar-refractivity contribution < 1.29 is 19.2 Å². The zero-order valence-electron chi connectivity index (χ0n) is 12.4. The van der Waals surface area contributed by atoms with E-state index in [9.17, 15) is 14.9 Å². The monoisotopic (exact) mass is 297 g/mol. The molecule has 0 amide bonds. The van der Waals surface area contributed by atoms with Crippen LogP contribution in [0.1, 0.15) is 12.1 Å². The molecular formula is C13H19N3O5. The number of nitrogens with zero attached hydrogens (tertiary/aromatic N) is 3. The van der Waals surface area contributed by atoms with Crippen LogP contribution in [0.2, 0.25) is 0 Å². The van der Waals surface area contributed by atoms with Crippen LogP contribution in [0.15, 0.2) is 12.1 Å².